The van der Waals surface area contributed by atoms with Crippen molar-refractivity contribution >= 4 is 21.7 Å². The van der Waals surface area contributed by atoms with Gasteiger partial charge in [-0.05, 0) is 11.5 Å². The molecule has 0 aliphatic heterocycles. The Morgan fingerprint density at radius 3 is 2.79 bits per heavy atom. The molecule has 66 valence electrons. The molecule has 0 fully saturated rings. The van der Waals surface area contributed by atoms with Crippen molar-refractivity contribution in [2.24, 2.45) is 0 Å². The van der Waals surface area contributed by atoms with Crippen molar-refractivity contribution in [3.8, 4) is 0 Å². The van der Waals surface area contributed by atoms with Gasteiger partial charge in [0.15, 0.2) is 0 Å². The van der Waals surface area contributed by atoms with Crippen LogP contribution < -0.4 is 0 Å². The topological polar surface area (TPSA) is 25.8 Å². The number of hydrogen-bond acceptors (Lipinski definition) is 2. The van der Waals surface area contributed by atoms with E-state index < -0.39 is 0 Å². The zero-order valence-corrected chi connectivity index (χ0v) is 7.51. The summed E-state index contributed by atoms with van der Waals surface area (Å²) < 4.78 is 0. The van der Waals surface area contributed by atoms with Crippen LogP contribution in [0.4, 0.5) is 0 Å². The summed E-state index contributed by atoms with van der Waals surface area (Å²) in [6.07, 6.45) is 5.48. The van der Waals surface area contributed by atoms with Crippen molar-refractivity contribution in [3.63, 3.8) is 0 Å². The van der Waals surface area contributed by atoms with E-state index in [2.05, 4.69) is 22.1 Å². The zero-order valence-electron chi connectivity index (χ0n) is 7.51. The van der Waals surface area contributed by atoms with E-state index in [1.807, 2.05) is 24.4 Å². The predicted molar refractivity (Wildman–Crippen MR) is 57.0 cm³/mol. The lowest BCUT2D eigenvalue weighted by Gasteiger charge is -2.00. The van der Waals surface area contributed by atoms with Crippen molar-refractivity contribution in [1.29, 1.82) is 0 Å². The molecule has 2 heteroatoms. The van der Waals surface area contributed by atoms with Crippen LogP contribution in [0.2, 0.25) is 0 Å². The van der Waals surface area contributed by atoms with E-state index in [4.69, 9.17) is 0 Å². The quantitative estimate of drug-likeness (QED) is 0.497. The standard InChI is InChI=1S/C12H8N2/c1-2-4-10-9(3-1)7-14-12-8-13-6-5-11(10)12/h1-8H. The van der Waals surface area contributed by atoms with Gasteiger partial charge in [-0.15, -0.1) is 0 Å². The van der Waals surface area contributed by atoms with E-state index in [-0.39, 0.29) is 0 Å². The van der Waals surface area contributed by atoms with E-state index in [1.165, 1.54) is 10.8 Å². The fourth-order valence-corrected chi connectivity index (χ4v) is 1.71. The average Bonchev–Trinajstić information content (AvgIpc) is 2.29. The molecule has 1 aromatic carbocycles. The number of fused-ring (bicyclic) bond motifs is 3. The maximum absolute atomic E-state index is 4.35. The molecule has 0 saturated carbocycles. The lowest BCUT2D eigenvalue weighted by Crippen LogP contribution is -1.82. The third kappa shape index (κ3) is 0.973. The Kier molecular flexibility index (Phi) is 1.47. The van der Waals surface area contributed by atoms with Crippen molar-refractivity contribution in [3.05, 3.63) is 48.9 Å². The molecule has 0 aliphatic carbocycles. The van der Waals surface area contributed by atoms with Gasteiger partial charge in [-0.3, -0.25) is 9.97 Å². The molecule has 0 spiro atoms. The highest BCUT2D eigenvalue weighted by atomic mass is 14.7. The largest absolute Gasteiger partial charge is 0.262 e. The third-order valence-corrected chi connectivity index (χ3v) is 2.39. The van der Waals surface area contributed by atoms with Crippen molar-refractivity contribution in [1.82, 2.24) is 9.97 Å². The first kappa shape index (κ1) is 7.44. The Balaban J connectivity index is 2.61. The van der Waals surface area contributed by atoms with Crippen LogP contribution in [0, 0.1) is 0 Å². The molecule has 2 heterocycles. The predicted octanol–water partition coefficient (Wildman–Crippen LogP) is 2.78. The van der Waals surface area contributed by atoms with E-state index >= 15 is 0 Å². The summed E-state index contributed by atoms with van der Waals surface area (Å²) >= 11 is 0. The molecular weight excluding hydrogens is 172 g/mol. The SMILES string of the molecule is c1ccc2c(c1)cnc1cnccc12. The van der Waals surface area contributed by atoms with E-state index in [0.29, 0.717) is 0 Å². The minimum absolute atomic E-state index is 0.950. The molecule has 0 radical (unpaired) electrons. The second-order valence-corrected chi connectivity index (χ2v) is 3.24. The second kappa shape index (κ2) is 2.77. The summed E-state index contributed by atoms with van der Waals surface area (Å²) in [4.78, 5) is 8.40. The summed E-state index contributed by atoms with van der Waals surface area (Å²) in [6, 6.07) is 10.3. The number of pyridine rings is 2. The first-order valence-electron chi connectivity index (χ1n) is 4.52. The van der Waals surface area contributed by atoms with Crippen molar-refractivity contribution in [2.75, 3.05) is 0 Å². The number of hydrogen-bond donors (Lipinski definition) is 0. The maximum atomic E-state index is 4.35. The lowest BCUT2D eigenvalue weighted by molar-refractivity contribution is 1.32. The van der Waals surface area contributed by atoms with Crippen molar-refractivity contribution < 1.29 is 0 Å². The molecule has 0 unspecified atom stereocenters. The molecule has 0 N–H and O–H groups in total. The monoisotopic (exact) mass is 180 g/mol. The van der Waals surface area contributed by atoms with Gasteiger partial charge in [0.05, 0.1) is 11.7 Å². The molecule has 2 aromatic heterocycles. The molecule has 0 bridgehead atoms. The summed E-state index contributed by atoms with van der Waals surface area (Å²) in [7, 11) is 0. The molecule has 0 saturated heterocycles. The summed E-state index contributed by atoms with van der Waals surface area (Å²) in [6.45, 7) is 0. The molecule has 3 rings (SSSR count). The third-order valence-electron chi connectivity index (χ3n) is 2.39. The van der Waals surface area contributed by atoms with Gasteiger partial charge in [0.1, 0.15) is 0 Å². The highest BCUT2D eigenvalue weighted by Crippen LogP contribution is 2.21. The first-order valence-corrected chi connectivity index (χ1v) is 4.52. The molecule has 14 heavy (non-hydrogen) atoms. The zero-order chi connectivity index (χ0) is 9.38. The van der Waals surface area contributed by atoms with E-state index in [9.17, 15) is 0 Å². The fraction of sp³-hybridized carbons (Fsp3) is 0. The number of nitrogens with zero attached hydrogens (tertiary/aromatic N) is 2. The smallest absolute Gasteiger partial charge is 0.0891 e. The summed E-state index contributed by atoms with van der Waals surface area (Å²) in [5.74, 6) is 0. The number of aromatic nitrogens is 2. The van der Waals surface area contributed by atoms with Gasteiger partial charge in [0.25, 0.3) is 0 Å². The Hall–Kier alpha value is -1.96. The average molecular weight is 180 g/mol. The van der Waals surface area contributed by atoms with Crippen LogP contribution in [0.25, 0.3) is 21.7 Å². The summed E-state index contributed by atoms with van der Waals surface area (Å²) in [5, 5.41) is 3.57. The van der Waals surface area contributed by atoms with Gasteiger partial charge in [-0.1, -0.05) is 24.3 Å². The summed E-state index contributed by atoms with van der Waals surface area (Å²) in [5.41, 5.74) is 0.950. The first-order chi connectivity index (χ1) is 6.95. The molecular formula is C12H8N2. The second-order valence-electron chi connectivity index (χ2n) is 3.24. The van der Waals surface area contributed by atoms with E-state index in [0.717, 1.165) is 10.9 Å². The van der Waals surface area contributed by atoms with Gasteiger partial charge in [-0.2, -0.15) is 0 Å². The van der Waals surface area contributed by atoms with Gasteiger partial charge in [0.2, 0.25) is 0 Å². The minimum atomic E-state index is 0.950. The number of rotatable bonds is 0. The Labute approximate surface area is 81.2 Å². The minimum Gasteiger partial charge on any atom is -0.262 e. The van der Waals surface area contributed by atoms with Gasteiger partial charge in [-0.25, -0.2) is 0 Å². The van der Waals surface area contributed by atoms with Gasteiger partial charge in [0, 0.05) is 23.2 Å². The van der Waals surface area contributed by atoms with Crippen LogP contribution in [0.1, 0.15) is 0 Å². The lowest BCUT2D eigenvalue weighted by atomic mass is 10.1. The van der Waals surface area contributed by atoms with Gasteiger partial charge >= 0.3 is 0 Å². The van der Waals surface area contributed by atoms with Crippen LogP contribution >= 0.6 is 0 Å². The van der Waals surface area contributed by atoms with Crippen LogP contribution in [0.15, 0.2) is 48.9 Å². The van der Waals surface area contributed by atoms with Crippen LogP contribution in [-0.4, -0.2) is 9.97 Å². The molecule has 0 atom stereocenters. The van der Waals surface area contributed by atoms with Crippen LogP contribution in [0.5, 0.6) is 0 Å². The Morgan fingerprint density at radius 2 is 1.79 bits per heavy atom. The Morgan fingerprint density at radius 1 is 0.857 bits per heavy atom. The molecule has 2 nitrogen and oxygen atoms in total. The fourth-order valence-electron chi connectivity index (χ4n) is 1.71. The highest BCUT2D eigenvalue weighted by molar-refractivity contribution is 6.04. The molecule has 0 amide bonds. The maximum Gasteiger partial charge on any atom is 0.0891 e. The normalized spacial score (nSPS) is 10.9. The van der Waals surface area contributed by atoms with Crippen molar-refractivity contribution in [2.45, 2.75) is 0 Å². The molecule has 0 aliphatic rings. The van der Waals surface area contributed by atoms with Crippen LogP contribution in [-0.2, 0) is 0 Å². The number of benzene rings is 1. The Bertz CT molecular complexity index is 547. The van der Waals surface area contributed by atoms with E-state index in [1.54, 1.807) is 12.4 Å². The van der Waals surface area contributed by atoms with Gasteiger partial charge < -0.3 is 0 Å². The molecule has 3 aromatic rings. The van der Waals surface area contributed by atoms with Crippen LogP contribution in [0.3, 0.4) is 0 Å². The highest BCUT2D eigenvalue weighted by Gasteiger charge is 1.99.